The van der Waals surface area contributed by atoms with Crippen molar-refractivity contribution >= 4 is 46.5 Å². The minimum absolute atomic E-state index is 0.0648. The zero-order chi connectivity index (χ0) is 18.0. The molecule has 2 aromatic carbocycles. The standard InChI is InChI=1S/C16H10Cl3N3O3/c17-9-3-1-8(2-4-9)15-22-21-13(25-15)7-24-16(23)11-5-10(18)6-12(19)14(11)20/h1-6H,7,20H2. The molecule has 128 valence electrons. The molecule has 0 aliphatic rings. The van der Waals surface area contributed by atoms with Crippen LogP contribution in [0.15, 0.2) is 40.8 Å². The number of halogens is 3. The van der Waals surface area contributed by atoms with Gasteiger partial charge >= 0.3 is 5.97 Å². The molecule has 9 heteroatoms. The maximum absolute atomic E-state index is 12.1. The van der Waals surface area contributed by atoms with E-state index in [4.69, 9.17) is 49.7 Å². The zero-order valence-corrected chi connectivity index (χ0v) is 14.8. The van der Waals surface area contributed by atoms with E-state index in [1.165, 1.54) is 12.1 Å². The largest absolute Gasteiger partial charge is 0.452 e. The van der Waals surface area contributed by atoms with Crippen LogP contribution in [0.4, 0.5) is 5.69 Å². The van der Waals surface area contributed by atoms with E-state index in [0.717, 1.165) is 0 Å². The van der Waals surface area contributed by atoms with Gasteiger partial charge in [0.15, 0.2) is 6.61 Å². The van der Waals surface area contributed by atoms with E-state index in [1.54, 1.807) is 24.3 Å². The number of benzene rings is 2. The van der Waals surface area contributed by atoms with E-state index in [9.17, 15) is 4.79 Å². The highest BCUT2D eigenvalue weighted by molar-refractivity contribution is 6.37. The number of aromatic nitrogens is 2. The second-order valence-electron chi connectivity index (χ2n) is 4.93. The summed E-state index contributed by atoms with van der Waals surface area (Å²) in [4.78, 5) is 12.1. The number of carbonyl (C=O) groups excluding carboxylic acids is 1. The molecule has 1 heterocycles. The molecule has 0 saturated carbocycles. The van der Waals surface area contributed by atoms with Crippen molar-refractivity contribution in [3.05, 3.63) is 62.9 Å². The molecule has 3 aromatic rings. The topological polar surface area (TPSA) is 91.2 Å². The van der Waals surface area contributed by atoms with Crippen molar-refractivity contribution in [1.82, 2.24) is 10.2 Å². The number of rotatable bonds is 4. The van der Waals surface area contributed by atoms with Gasteiger partial charge in [-0.25, -0.2) is 4.79 Å². The predicted molar refractivity (Wildman–Crippen MR) is 94.7 cm³/mol. The van der Waals surface area contributed by atoms with Crippen LogP contribution in [0.2, 0.25) is 15.1 Å². The van der Waals surface area contributed by atoms with Gasteiger partial charge in [-0.3, -0.25) is 0 Å². The molecular weight excluding hydrogens is 389 g/mol. The number of carbonyl (C=O) groups is 1. The quantitative estimate of drug-likeness (QED) is 0.508. The van der Waals surface area contributed by atoms with Crippen LogP contribution in [-0.4, -0.2) is 16.2 Å². The van der Waals surface area contributed by atoms with Crippen molar-refractivity contribution in [1.29, 1.82) is 0 Å². The molecule has 0 bridgehead atoms. The zero-order valence-electron chi connectivity index (χ0n) is 12.5. The van der Waals surface area contributed by atoms with Gasteiger partial charge in [-0.2, -0.15) is 0 Å². The minimum Gasteiger partial charge on any atom is -0.452 e. The van der Waals surface area contributed by atoms with Crippen LogP contribution in [-0.2, 0) is 11.3 Å². The second-order valence-corrected chi connectivity index (χ2v) is 6.21. The molecule has 0 unspecified atom stereocenters. The second kappa shape index (κ2) is 7.31. The summed E-state index contributed by atoms with van der Waals surface area (Å²) in [6.45, 7) is -0.219. The summed E-state index contributed by atoms with van der Waals surface area (Å²) >= 11 is 17.6. The van der Waals surface area contributed by atoms with E-state index in [-0.39, 0.29) is 39.7 Å². The average molecular weight is 399 g/mol. The lowest BCUT2D eigenvalue weighted by Gasteiger charge is -2.07. The molecule has 6 nitrogen and oxygen atoms in total. The number of hydrogen-bond donors (Lipinski definition) is 1. The lowest BCUT2D eigenvalue weighted by Crippen LogP contribution is -2.09. The highest BCUT2D eigenvalue weighted by Crippen LogP contribution is 2.28. The van der Waals surface area contributed by atoms with Gasteiger partial charge in [0, 0.05) is 15.6 Å². The Bertz CT molecular complexity index is 926. The minimum atomic E-state index is -0.701. The van der Waals surface area contributed by atoms with E-state index in [0.29, 0.717) is 10.6 Å². The Morgan fingerprint density at radius 1 is 1.08 bits per heavy atom. The number of ether oxygens (including phenoxy) is 1. The van der Waals surface area contributed by atoms with Crippen LogP contribution in [0.3, 0.4) is 0 Å². The molecule has 0 aliphatic heterocycles. The molecule has 2 N–H and O–H groups in total. The van der Waals surface area contributed by atoms with Gasteiger partial charge in [-0.15, -0.1) is 10.2 Å². The number of anilines is 1. The van der Waals surface area contributed by atoms with Crippen LogP contribution >= 0.6 is 34.8 Å². The molecule has 25 heavy (non-hydrogen) atoms. The van der Waals surface area contributed by atoms with Gasteiger partial charge < -0.3 is 14.9 Å². The first-order valence-corrected chi connectivity index (χ1v) is 8.07. The molecule has 0 radical (unpaired) electrons. The Morgan fingerprint density at radius 2 is 1.80 bits per heavy atom. The van der Waals surface area contributed by atoms with Gasteiger partial charge in [0.2, 0.25) is 5.89 Å². The lowest BCUT2D eigenvalue weighted by molar-refractivity contribution is 0.0440. The van der Waals surface area contributed by atoms with Crippen LogP contribution in [0.25, 0.3) is 11.5 Å². The fourth-order valence-electron chi connectivity index (χ4n) is 1.98. The molecule has 0 amide bonds. The van der Waals surface area contributed by atoms with E-state index < -0.39 is 5.97 Å². The van der Waals surface area contributed by atoms with Crippen molar-refractivity contribution in [3.63, 3.8) is 0 Å². The van der Waals surface area contributed by atoms with Crippen LogP contribution < -0.4 is 5.73 Å². The first kappa shape index (κ1) is 17.5. The van der Waals surface area contributed by atoms with Gasteiger partial charge in [0.25, 0.3) is 5.89 Å². The molecule has 0 spiro atoms. The van der Waals surface area contributed by atoms with Gasteiger partial charge in [-0.05, 0) is 36.4 Å². The van der Waals surface area contributed by atoms with Crippen molar-refractivity contribution in [2.45, 2.75) is 6.61 Å². The van der Waals surface area contributed by atoms with Gasteiger partial charge in [0.05, 0.1) is 16.3 Å². The highest BCUT2D eigenvalue weighted by Gasteiger charge is 2.17. The summed E-state index contributed by atoms with van der Waals surface area (Å²) in [5.74, 6) is -0.286. The number of nitrogens with zero attached hydrogens (tertiary/aromatic N) is 2. The molecule has 0 fully saturated rings. The molecular formula is C16H10Cl3N3O3. The Balaban J connectivity index is 1.70. The van der Waals surface area contributed by atoms with E-state index in [2.05, 4.69) is 10.2 Å². The first-order valence-electron chi connectivity index (χ1n) is 6.94. The maximum Gasteiger partial charge on any atom is 0.340 e. The number of esters is 1. The summed E-state index contributed by atoms with van der Waals surface area (Å²) in [6.07, 6.45) is 0. The third-order valence-electron chi connectivity index (χ3n) is 3.20. The number of hydrogen-bond acceptors (Lipinski definition) is 6. The van der Waals surface area contributed by atoms with E-state index in [1.807, 2.05) is 0 Å². The third kappa shape index (κ3) is 4.04. The SMILES string of the molecule is Nc1c(Cl)cc(Cl)cc1C(=O)OCc1nnc(-c2ccc(Cl)cc2)o1. The van der Waals surface area contributed by atoms with Crippen LogP contribution in [0, 0.1) is 0 Å². The monoisotopic (exact) mass is 397 g/mol. The summed E-state index contributed by atoms with van der Waals surface area (Å²) in [5, 5.41) is 8.76. The van der Waals surface area contributed by atoms with Crippen LogP contribution in [0.5, 0.6) is 0 Å². The smallest absolute Gasteiger partial charge is 0.340 e. The third-order valence-corrected chi connectivity index (χ3v) is 3.98. The average Bonchev–Trinajstić information content (AvgIpc) is 3.05. The van der Waals surface area contributed by atoms with Crippen molar-refractivity contribution in [3.8, 4) is 11.5 Å². The molecule has 0 saturated heterocycles. The summed E-state index contributed by atoms with van der Waals surface area (Å²) in [6, 6.07) is 9.68. The Kier molecular flexibility index (Phi) is 5.13. The summed E-state index contributed by atoms with van der Waals surface area (Å²) in [7, 11) is 0. The molecule has 0 atom stereocenters. The number of nitrogen functional groups attached to an aromatic ring is 1. The fraction of sp³-hybridized carbons (Fsp3) is 0.0625. The number of nitrogens with two attached hydrogens (primary N) is 1. The fourth-order valence-corrected chi connectivity index (χ4v) is 2.60. The van der Waals surface area contributed by atoms with Crippen molar-refractivity contribution in [2.24, 2.45) is 0 Å². The summed E-state index contributed by atoms with van der Waals surface area (Å²) < 4.78 is 10.6. The predicted octanol–water partition coefficient (Wildman–Crippen LogP) is 4.64. The van der Waals surface area contributed by atoms with E-state index >= 15 is 0 Å². The molecule has 1 aromatic heterocycles. The normalized spacial score (nSPS) is 10.7. The highest BCUT2D eigenvalue weighted by atomic mass is 35.5. The molecule has 0 aliphatic carbocycles. The van der Waals surface area contributed by atoms with Gasteiger partial charge in [-0.1, -0.05) is 34.8 Å². The summed E-state index contributed by atoms with van der Waals surface area (Å²) in [5.41, 5.74) is 6.61. The Hall–Kier alpha value is -2.28. The van der Waals surface area contributed by atoms with Gasteiger partial charge in [0.1, 0.15) is 0 Å². The lowest BCUT2D eigenvalue weighted by atomic mass is 10.2. The molecule has 3 rings (SSSR count). The van der Waals surface area contributed by atoms with Crippen LogP contribution in [0.1, 0.15) is 16.2 Å². The van der Waals surface area contributed by atoms with Crippen molar-refractivity contribution < 1.29 is 13.9 Å². The van der Waals surface area contributed by atoms with Crippen molar-refractivity contribution in [2.75, 3.05) is 5.73 Å². The maximum atomic E-state index is 12.1. The Labute approximate surface area is 157 Å². The Morgan fingerprint density at radius 3 is 2.52 bits per heavy atom. The first-order chi connectivity index (χ1) is 11.9.